The van der Waals surface area contributed by atoms with Crippen LogP contribution in [0.15, 0.2) is 113 Å². The van der Waals surface area contributed by atoms with E-state index in [1.165, 1.54) is 0 Å². The van der Waals surface area contributed by atoms with Crippen LogP contribution in [0.25, 0.3) is 0 Å². The van der Waals surface area contributed by atoms with E-state index in [-0.39, 0.29) is 18.1 Å². The van der Waals surface area contributed by atoms with Gasteiger partial charge in [-0.1, -0.05) is 88.7 Å². The van der Waals surface area contributed by atoms with Crippen molar-refractivity contribution >= 4 is 21.9 Å². The number of carbonyl (C=O) groups excluding carboxylic acids is 1. The standard InChI is InChI=1S/C28H26BrNO2/c1-3-32-28(31)25-18-20(2)19-30(27(25)23-14-16-24(29)17-15-23)26(21-10-6-4-7-11-21)22-12-8-5-9-13-22/h4-19,26-27H,3H2,1-2H3. The van der Waals surface area contributed by atoms with Crippen molar-refractivity contribution < 1.29 is 9.53 Å². The number of carbonyl (C=O) groups is 1. The molecular weight excluding hydrogens is 462 g/mol. The summed E-state index contributed by atoms with van der Waals surface area (Å²) in [7, 11) is 0. The lowest BCUT2D eigenvalue weighted by atomic mass is 9.88. The van der Waals surface area contributed by atoms with E-state index in [0.717, 1.165) is 26.7 Å². The van der Waals surface area contributed by atoms with Crippen LogP contribution < -0.4 is 0 Å². The van der Waals surface area contributed by atoms with Crippen molar-refractivity contribution in [2.45, 2.75) is 25.9 Å². The number of hydrogen-bond acceptors (Lipinski definition) is 3. The van der Waals surface area contributed by atoms with Gasteiger partial charge < -0.3 is 9.64 Å². The van der Waals surface area contributed by atoms with Crippen LogP contribution in [0.4, 0.5) is 0 Å². The lowest BCUT2D eigenvalue weighted by Gasteiger charge is -2.41. The highest BCUT2D eigenvalue weighted by Crippen LogP contribution is 2.43. The predicted octanol–water partition coefficient (Wildman–Crippen LogP) is 6.99. The number of benzene rings is 3. The summed E-state index contributed by atoms with van der Waals surface area (Å²) in [5.41, 5.74) is 5.02. The minimum absolute atomic E-state index is 0.0703. The summed E-state index contributed by atoms with van der Waals surface area (Å²) < 4.78 is 6.47. The minimum Gasteiger partial charge on any atom is -0.463 e. The molecule has 1 unspecified atom stereocenters. The highest BCUT2D eigenvalue weighted by atomic mass is 79.9. The zero-order valence-electron chi connectivity index (χ0n) is 18.2. The minimum atomic E-state index is -0.281. The Morgan fingerprint density at radius 3 is 2.03 bits per heavy atom. The van der Waals surface area contributed by atoms with E-state index in [9.17, 15) is 4.79 Å². The Morgan fingerprint density at radius 1 is 0.938 bits per heavy atom. The zero-order chi connectivity index (χ0) is 22.5. The molecule has 4 heteroatoms. The molecule has 1 aliphatic rings. The van der Waals surface area contributed by atoms with Gasteiger partial charge >= 0.3 is 5.97 Å². The molecule has 0 aliphatic carbocycles. The number of rotatable bonds is 6. The molecule has 1 heterocycles. The number of ether oxygens (including phenoxy) is 1. The van der Waals surface area contributed by atoms with Gasteiger partial charge in [0.2, 0.25) is 0 Å². The summed E-state index contributed by atoms with van der Waals surface area (Å²) in [5.74, 6) is -0.280. The molecule has 3 aromatic rings. The fourth-order valence-corrected chi connectivity index (χ4v) is 4.51. The predicted molar refractivity (Wildman–Crippen MR) is 132 cm³/mol. The van der Waals surface area contributed by atoms with E-state index >= 15 is 0 Å². The largest absolute Gasteiger partial charge is 0.463 e. The average molecular weight is 488 g/mol. The summed E-state index contributed by atoms with van der Waals surface area (Å²) in [6, 6.07) is 28.7. The lowest BCUT2D eigenvalue weighted by Crippen LogP contribution is -2.35. The van der Waals surface area contributed by atoms with Crippen LogP contribution in [-0.2, 0) is 9.53 Å². The van der Waals surface area contributed by atoms with Gasteiger partial charge in [-0.05, 0) is 54.3 Å². The maximum atomic E-state index is 13.1. The van der Waals surface area contributed by atoms with Crippen molar-refractivity contribution in [3.63, 3.8) is 0 Å². The smallest absolute Gasteiger partial charge is 0.336 e. The molecule has 0 saturated carbocycles. The SMILES string of the molecule is CCOC(=O)C1=CC(C)=CN(C(c2ccccc2)c2ccccc2)C1c1ccc(Br)cc1. The van der Waals surface area contributed by atoms with Crippen LogP contribution in [0.1, 0.15) is 42.6 Å². The first-order chi connectivity index (χ1) is 15.6. The van der Waals surface area contributed by atoms with Gasteiger partial charge in [0, 0.05) is 10.7 Å². The van der Waals surface area contributed by atoms with Gasteiger partial charge in [-0.25, -0.2) is 4.79 Å². The monoisotopic (exact) mass is 487 g/mol. The summed E-state index contributed by atoms with van der Waals surface area (Å²) in [4.78, 5) is 15.4. The van der Waals surface area contributed by atoms with Gasteiger partial charge in [0.25, 0.3) is 0 Å². The van der Waals surface area contributed by atoms with Gasteiger partial charge in [0.05, 0.1) is 24.3 Å². The number of esters is 1. The van der Waals surface area contributed by atoms with E-state index in [2.05, 4.69) is 87.7 Å². The second-order valence-electron chi connectivity index (χ2n) is 7.82. The van der Waals surface area contributed by atoms with Crippen molar-refractivity contribution in [2.24, 2.45) is 0 Å². The van der Waals surface area contributed by atoms with Crippen molar-refractivity contribution in [3.8, 4) is 0 Å². The Kier molecular flexibility index (Phi) is 6.91. The molecule has 3 nitrogen and oxygen atoms in total. The molecule has 1 aliphatic heterocycles. The highest BCUT2D eigenvalue weighted by molar-refractivity contribution is 9.10. The van der Waals surface area contributed by atoms with Gasteiger partial charge in [0.1, 0.15) is 0 Å². The molecule has 0 saturated heterocycles. The van der Waals surface area contributed by atoms with E-state index in [1.807, 2.05) is 44.2 Å². The van der Waals surface area contributed by atoms with Crippen LogP contribution in [-0.4, -0.2) is 17.5 Å². The van der Waals surface area contributed by atoms with E-state index in [1.54, 1.807) is 0 Å². The molecule has 0 radical (unpaired) electrons. The van der Waals surface area contributed by atoms with Crippen LogP contribution in [0.3, 0.4) is 0 Å². The van der Waals surface area contributed by atoms with Crippen molar-refractivity contribution in [2.75, 3.05) is 6.61 Å². The quantitative estimate of drug-likeness (QED) is 0.351. The number of nitrogens with zero attached hydrogens (tertiary/aromatic N) is 1. The Hall–Kier alpha value is -3.11. The molecule has 0 N–H and O–H groups in total. The molecule has 0 amide bonds. The average Bonchev–Trinajstić information content (AvgIpc) is 2.81. The maximum absolute atomic E-state index is 13.1. The molecule has 1 atom stereocenters. The summed E-state index contributed by atoms with van der Waals surface area (Å²) >= 11 is 3.53. The summed E-state index contributed by atoms with van der Waals surface area (Å²) in [6.45, 7) is 4.21. The van der Waals surface area contributed by atoms with Crippen molar-refractivity contribution in [1.82, 2.24) is 4.90 Å². The van der Waals surface area contributed by atoms with Crippen LogP contribution >= 0.6 is 15.9 Å². The second kappa shape index (κ2) is 10.0. The Balaban J connectivity index is 1.90. The fraction of sp³-hybridized carbons (Fsp3) is 0.179. The van der Waals surface area contributed by atoms with Crippen LogP contribution in [0, 0.1) is 0 Å². The fourth-order valence-electron chi connectivity index (χ4n) is 4.24. The third-order valence-corrected chi connectivity index (χ3v) is 6.08. The molecule has 0 spiro atoms. The normalized spacial score (nSPS) is 15.9. The van der Waals surface area contributed by atoms with Crippen LogP contribution in [0.2, 0.25) is 0 Å². The van der Waals surface area contributed by atoms with Gasteiger partial charge in [-0.2, -0.15) is 0 Å². The summed E-state index contributed by atoms with van der Waals surface area (Å²) in [5, 5.41) is 0. The first-order valence-electron chi connectivity index (χ1n) is 10.8. The molecule has 32 heavy (non-hydrogen) atoms. The third kappa shape index (κ3) is 4.71. The number of halogens is 1. The molecular formula is C28H26BrNO2. The number of allylic oxidation sites excluding steroid dienone is 2. The maximum Gasteiger partial charge on any atom is 0.336 e. The van der Waals surface area contributed by atoms with Gasteiger partial charge in [0.15, 0.2) is 0 Å². The summed E-state index contributed by atoms with van der Waals surface area (Å²) in [6.07, 6.45) is 4.11. The molecule has 4 rings (SSSR count). The first kappa shape index (κ1) is 22.1. The van der Waals surface area contributed by atoms with Gasteiger partial charge in [-0.3, -0.25) is 0 Å². The van der Waals surface area contributed by atoms with E-state index < -0.39 is 0 Å². The molecule has 3 aromatic carbocycles. The second-order valence-corrected chi connectivity index (χ2v) is 8.73. The lowest BCUT2D eigenvalue weighted by molar-refractivity contribution is -0.139. The van der Waals surface area contributed by atoms with E-state index in [4.69, 9.17) is 4.74 Å². The molecule has 0 aromatic heterocycles. The number of hydrogen-bond donors (Lipinski definition) is 0. The Bertz CT molecular complexity index is 1080. The van der Waals surface area contributed by atoms with Crippen LogP contribution in [0.5, 0.6) is 0 Å². The Morgan fingerprint density at radius 2 is 1.50 bits per heavy atom. The van der Waals surface area contributed by atoms with Crippen molar-refractivity contribution in [1.29, 1.82) is 0 Å². The molecule has 0 bridgehead atoms. The topological polar surface area (TPSA) is 29.5 Å². The van der Waals surface area contributed by atoms with E-state index in [0.29, 0.717) is 12.2 Å². The Labute approximate surface area is 198 Å². The molecule has 162 valence electrons. The molecule has 0 fully saturated rings. The first-order valence-corrected chi connectivity index (χ1v) is 11.6. The van der Waals surface area contributed by atoms with Gasteiger partial charge in [-0.15, -0.1) is 0 Å². The zero-order valence-corrected chi connectivity index (χ0v) is 19.8. The third-order valence-electron chi connectivity index (χ3n) is 5.55. The van der Waals surface area contributed by atoms with Crippen molar-refractivity contribution in [3.05, 3.63) is 130 Å². The highest BCUT2D eigenvalue weighted by Gasteiger charge is 2.35.